The van der Waals surface area contributed by atoms with Gasteiger partial charge in [0.05, 0.1) is 0 Å². The van der Waals surface area contributed by atoms with E-state index in [1.54, 1.807) is 0 Å². The predicted octanol–water partition coefficient (Wildman–Crippen LogP) is 3.67. The Balaban J connectivity index is 2.40. The summed E-state index contributed by atoms with van der Waals surface area (Å²) in [4.78, 5) is 11.5. The van der Waals surface area contributed by atoms with E-state index in [1.807, 2.05) is 13.8 Å². The van der Waals surface area contributed by atoms with E-state index in [-0.39, 0.29) is 11.8 Å². The first-order chi connectivity index (χ1) is 10.1. The van der Waals surface area contributed by atoms with Crippen molar-refractivity contribution in [1.82, 2.24) is 10.6 Å². The highest BCUT2D eigenvalue weighted by Crippen LogP contribution is 2.19. The van der Waals surface area contributed by atoms with Crippen LogP contribution in [0.15, 0.2) is 30.3 Å². The van der Waals surface area contributed by atoms with Crippen LogP contribution in [0.1, 0.15) is 58.1 Å². The van der Waals surface area contributed by atoms with Crippen molar-refractivity contribution in [3.05, 3.63) is 35.9 Å². The lowest BCUT2D eigenvalue weighted by Gasteiger charge is -2.19. The number of carbonyl (C=O) groups excluding carboxylic acids is 1. The van der Waals surface area contributed by atoms with Gasteiger partial charge in [0.1, 0.15) is 0 Å². The molecule has 1 rings (SSSR count). The smallest absolute Gasteiger partial charge is 0.222 e. The number of benzene rings is 1. The van der Waals surface area contributed by atoms with E-state index in [1.165, 1.54) is 24.8 Å². The number of unbranched alkanes of at least 4 members (excludes halogenated alkanes) is 2. The van der Waals surface area contributed by atoms with Gasteiger partial charge >= 0.3 is 0 Å². The first-order valence-electron chi connectivity index (χ1n) is 8.21. The fourth-order valence-corrected chi connectivity index (χ4v) is 2.31. The second-order valence-electron chi connectivity index (χ2n) is 5.86. The fraction of sp³-hybridized carbons (Fsp3) is 0.611. The van der Waals surface area contributed by atoms with E-state index in [4.69, 9.17) is 0 Å². The summed E-state index contributed by atoms with van der Waals surface area (Å²) < 4.78 is 0. The van der Waals surface area contributed by atoms with Crippen LogP contribution in [0.4, 0.5) is 0 Å². The van der Waals surface area contributed by atoms with Crippen LogP contribution in [0.5, 0.6) is 0 Å². The molecule has 2 N–H and O–H groups in total. The molecular formula is C18H30N2O. The fourth-order valence-electron chi connectivity index (χ4n) is 2.31. The highest BCUT2D eigenvalue weighted by atomic mass is 16.1. The molecule has 1 atom stereocenters. The van der Waals surface area contributed by atoms with Crippen LogP contribution in [0, 0.1) is 5.92 Å². The topological polar surface area (TPSA) is 41.1 Å². The Morgan fingerprint density at radius 2 is 1.81 bits per heavy atom. The predicted molar refractivity (Wildman–Crippen MR) is 89.2 cm³/mol. The van der Waals surface area contributed by atoms with Crippen LogP contribution in [0.25, 0.3) is 0 Å². The lowest BCUT2D eigenvalue weighted by Crippen LogP contribution is -2.35. The van der Waals surface area contributed by atoms with Gasteiger partial charge in [0.2, 0.25) is 5.91 Å². The zero-order valence-electron chi connectivity index (χ0n) is 13.7. The van der Waals surface area contributed by atoms with E-state index in [9.17, 15) is 4.79 Å². The molecule has 3 nitrogen and oxygen atoms in total. The largest absolute Gasteiger partial charge is 0.355 e. The summed E-state index contributed by atoms with van der Waals surface area (Å²) in [6.45, 7) is 7.56. The van der Waals surface area contributed by atoms with Crippen molar-refractivity contribution < 1.29 is 4.79 Å². The van der Waals surface area contributed by atoms with Crippen molar-refractivity contribution in [2.45, 2.75) is 52.5 Å². The third-order valence-electron chi connectivity index (χ3n) is 3.64. The monoisotopic (exact) mass is 290 g/mol. The van der Waals surface area contributed by atoms with Crippen molar-refractivity contribution >= 4 is 5.91 Å². The van der Waals surface area contributed by atoms with Crippen molar-refractivity contribution in [2.24, 2.45) is 5.92 Å². The molecule has 0 spiro atoms. The van der Waals surface area contributed by atoms with Gasteiger partial charge in [-0.3, -0.25) is 4.79 Å². The molecule has 0 aliphatic heterocycles. The Kier molecular flexibility index (Phi) is 8.76. The van der Waals surface area contributed by atoms with Gasteiger partial charge in [-0.05, 0) is 12.0 Å². The first-order valence-corrected chi connectivity index (χ1v) is 8.21. The summed E-state index contributed by atoms with van der Waals surface area (Å²) in [5.41, 5.74) is 1.34. The van der Waals surface area contributed by atoms with Gasteiger partial charge in [0.15, 0.2) is 0 Å². The van der Waals surface area contributed by atoms with E-state index >= 15 is 0 Å². The summed E-state index contributed by atoms with van der Waals surface area (Å²) in [5.74, 6) is 0.179. The minimum absolute atomic E-state index is 0.0551. The van der Waals surface area contributed by atoms with Crippen molar-refractivity contribution in [3.8, 4) is 0 Å². The highest BCUT2D eigenvalue weighted by Gasteiger charge is 2.10. The maximum absolute atomic E-state index is 11.5. The number of carbonyl (C=O) groups is 1. The van der Waals surface area contributed by atoms with Crippen molar-refractivity contribution in [3.63, 3.8) is 0 Å². The molecular weight excluding hydrogens is 260 g/mol. The Labute approximate surface area is 129 Å². The quantitative estimate of drug-likeness (QED) is 0.646. The molecule has 1 amide bonds. The van der Waals surface area contributed by atoms with Gasteiger partial charge in [-0.25, -0.2) is 0 Å². The molecule has 0 radical (unpaired) electrons. The minimum Gasteiger partial charge on any atom is -0.355 e. The number of nitrogens with one attached hydrogen (secondary N) is 2. The summed E-state index contributed by atoms with van der Waals surface area (Å²) in [6.07, 6.45) is 4.90. The van der Waals surface area contributed by atoms with Gasteiger partial charge in [-0.2, -0.15) is 0 Å². The van der Waals surface area contributed by atoms with Crippen molar-refractivity contribution in [2.75, 3.05) is 13.1 Å². The average Bonchev–Trinajstić information content (AvgIpc) is 2.50. The molecule has 0 aliphatic rings. The molecule has 0 saturated heterocycles. The van der Waals surface area contributed by atoms with Crippen LogP contribution in [0.2, 0.25) is 0 Å². The maximum atomic E-state index is 11.5. The molecule has 21 heavy (non-hydrogen) atoms. The van der Waals surface area contributed by atoms with E-state index in [0.29, 0.717) is 12.6 Å². The second-order valence-corrected chi connectivity index (χ2v) is 5.86. The number of rotatable bonds is 10. The lowest BCUT2D eigenvalue weighted by atomic mass is 10.0. The van der Waals surface area contributed by atoms with E-state index in [0.717, 1.165) is 13.0 Å². The third kappa shape index (κ3) is 7.28. The number of hydrogen-bond donors (Lipinski definition) is 2. The Morgan fingerprint density at radius 1 is 1.10 bits per heavy atom. The van der Waals surface area contributed by atoms with Gasteiger partial charge in [0, 0.05) is 25.0 Å². The van der Waals surface area contributed by atoms with Crippen LogP contribution in [-0.2, 0) is 4.79 Å². The third-order valence-corrected chi connectivity index (χ3v) is 3.64. The zero-order valence-corrected chi connectivity index (χ0v) is 13.7. The summed E-state index contributed by atoms with van der Waals surface area (Å²) >= 11 is 0. The zero-order chi connectivity index (χ0) is 15.5. The molecule has 0 bridgehead atoms. The minimum atomic E-state index is 0.0551. The van der Waals surface area contributed by atoms with Gasteiger partial charge < -0.3 is 10.6 Å². The Morgan fingerprint density at radius 3 is 2.43 bits per heavy atom. The molecule has 0 fully saturated rings. The number of amides is 1. The molecule has 1 aromatic rings. The normalized spacial score (nSPS) is 12.4. The van der Waals surface area contributed by atoms with Crippen LogP contribution >= 0.6 is 0 Å². The molecule has 0 aliphatic carbocycles. The lowest BCUT2D eigenvalue weighted by molar-refractivity contribution is -0.123. The van der Waals surface area contributed by atoms with Gasteiger partial charge in [0.25, 0.3) is 0 Å². The molecule has 3 heteroatoms. The molecule has 0 aromatic heterocycles. The van der Waals surface area contributed by atoms with Crippen LogP contribution in [0.3, 0.4) is 0 Å². The standard InChI is InChI=1S/C18H30N2O/c1-4-5-7-12-17(16-10-8-6-9-11-16)19-13-14-20-18(21)15(2)3/h6,8-11,15,17,19H,4-5,7,12-14H2,1-3H3,(H,20,21). The van der Waals surface area contributed by atoms with Gasteiger partial charge in [-0.15, -0.1) is 0 Å². The van der Waals surface area contributed by atoms with Gasteiger partial charge in [-0.1, -0.05) is 70.4 Å². The maximum Gasteiger partial charge on any atom is 0.222 e. The highest BCUT2D eigenvalue weighted by molar-refractivity contribution is 5.77. The van der Waals surface area contributed by atoms with Crippen molar-refractivity contribution in [1.29, 1.82) is 0 Å². The Bertz CT molecular complexity index is 389. The Hall–Kier alpha value is -1.35. The van der Waals surface area contributed by atoms with E-state index < -0.39 is 0 Å². The molecule has 1 aromatic carbocycles. The van der Waals surface area contributed by atoms with E-state index in [2.05, 4.69) is 47.9 Å². The summed E-state index contributed by atoms with van der Waals surface area (Å²) in [6, 6.07) is 11.0. The average molecular weight is 290 g/mol. The van der Waals surface area contributed by atoms with Crippen LogP contribution in [-0.4, -0.2) is 19.0 Å². The number of hydrogen-bond acceptors (Lipinski definition) is 2. The summed E-state index contributed by atoms with van der Waals surface area (Å²) in [5, 5.41) is 6.53. The molecule has 0 saturated carbocycles. The molecule has 118 valence electrons. The SMILES string of the molecule is CCCCCC(NCCNC(=O)C(C)C)c1ccccc1. The van der Waals surface area contributed by atoms with Crippen LogP contribution < -0.4 is 10.6 Å². The summed E-state index contributed by atoms with van der Waals surface area (Å²) in [7, 11) is 0. The molecule has 0 heterocycles. The second kappa shape index (κ2) is 10.4. The molecule has 1 unspecified atom stereocenters. The first kappa shape index (κ1) is 17.7.